The molecule has 2 heterocycles. The average molecular weight is 417 g/mol. The summed E-state index contributed by atoms with van der Waals surface area (Å²) in [6, 6.07) is 10.2. The maximum absolute atomic E-state index is 12.7. The van der Waals surface area contributed by atoms with Crippen LogP contribution in [0.1, 0.15) is 17.4 Å². The van der Waals surface area contributed by atoms with Gasteiger partial charge in [0.2, 0.25) is 10.0 Å². The van der Waals surface area contributed by atoms with Crippen molar-refractivity contribution in [2.45, 2.75) is 17.2 Å². The van der Waals surface area contributed by atoms with Crippen LogP contribution in [-0.2, 0) is 16.2 Å². The summed E-state index contributed by atoms with van der Waals surface area (Å²) in [4.78, 5) is 0.307. The molecule has 0 aliphatic carbocycles. The van der Waals surface area contributed by atoms with E-state index in [0.29, 0.717) is 11.8 Å². The summed E-state index contributed by atoms with van der Waals surface area (Å²) >= 11 is 1.44. The van der Waals surface area contributed by atoms with Crippen LogP contribution in [0, 0.1) is 0 Å². The SMILES string of the molecule is O=S(=O)(NCC(O)c1ccc(-c2cccs2)o1)c1cccc(C(F)(F)F)c1. The minimum absolute atomic E-state index is 0.144. The second kappa shape index (κ2) is 7.47. The van der Waals surface area contributed by atoms with Gasteiger partial charge in [0.1, 0.15) is 17.6 Å². The smallest absolute Gasteiger partial charge is 0.416 e. The summed E-state index contributed by atoms with van der Waals surface area (Å²) < 4.78 is 70.3. The Morgan fingerprint density at radius 1 is 1.15 bits per heavy atom. The molecule has 1 atom stereocenters. The minimum Gasteiger partial charge on any atom is -0.457 e. The lowest BCUT2D eigenvalue weighted by Crippen LogP contribution is -2.28. The molecule has 2 aromatic heterocycles. The van der Waals surface area contributed by atoms with Gasteiger partial charge in [-0.3, -0.25) is 0 Å². The quantitative estimate of drug-likeness (QED) is 0.635. The van der Waals surface area contributed by atoms with Crippen molar-refractivity contribution in [2.75, 3.05) is 6.54 Å². The van der Waals surface area contributed by atoms with Gasteiger partial charge in [-0.25, -0.2) is 13.1 Å². The van der Waals surface area contributed by atoms with Crippen LogP contribution in [0.15, 0.2) is 63.2 Å². The normalized spacial score (nSPS) is 13.6. The zero-order chi connectivity index (χ0) is 19.7. The van der Waals surface area contributed by atoms with Gasteiger partial charge in [-0.05, 0) is 41.8 Å². The number of aliphatic hydroxyl groups excluding tert-OH is 1. The number of benzene rings is 1. The van der Waals surface area contributed by atoms with E-state index < -0.39 is 39.3 Å². The molecule has 0 fully saturated rings. The number of hydrogen-bond donors (Lipinski definition) is 2. The van der Waals surface area contributed by atoms with Crippen molar-refractivity contribution in [3.05, 3.63) is 65.2 Å². The Hall–Kier alpha value is -2.14. The lowest BCUT2D eigenvalue weighted by molar-refractivity contribution is -0.137. The van der Waals surface area contributed by atoms with E-state index in [1.807, 2.05) is 17.5 Å². The Morgan fingerprint density at radius 3 is 2.59 bits per heavy atom. The molecule has 3 aromatic rings. The molecule has 10 heteroatoms. The molecule has 0 radical (unpaired) electrons. The number of hydrogen-bond acceptors (Lipinski definition) is 5. The van der Waals surface area contributed by atoms with Gasteiger partial charge in [0.15, 0.2) is 0 Å². The van der Waals surface area contributed by atoms with E-state index in [4.69, 9.17) is 4.42 Å². The third kappa shape index (κ3) is 4.59. The number of aliphatic hydroxyl groups is 1. The van der Waals surface area contributed by atoms with E-state index >= 15 is 0 Å². The van der Waals surface area contributed by atoms with Gasteiger partial charge in [0.05, 0.1) is 15.3 Å². The summed E-state index contributed by atoms with van der Waals surface area (Å²) in [5, 5.41) is 12.0. The molecule has 3 rings (SSSR count). The van der Waals surface area contributed by atoms with Crippen molar-refractivity contribution in [1.29, 1.82) is 0 Å². The molecule has 1 aromatic carbocycles. The summed E-state index contributed by atoms with van der Waals surface area (Å²) in [6.45, 7) is -0.448. The van der Waals surface area contributed by atoms with Gasteiger partial charge in [-0.2, -0.15) is 13.2 Å². The van der Waals surface area contributed by atoms with E-state index in [2.05, 4.69) is 4.72 Å². The Balaban J connectivity index is 1.70. The van der Waals surface area contributed by atoms with Crippen molar-refractivity contribution in [2.24, 2.45) is 0 Å². The molecule has 2 N–H and O–H groups in total. The fourth-order valence-corrected chi connectivity index (χ4v) is 4.07. The van der Waals surface area contributed by atoms with Crippen LogP contribution in [0.2, 0.25) is 0 Å². The topological polar surface area (TPSA) is 79.5 Å². The largest absolute Gasteiger partial charge is 0.457 e. The fourth-order valence-electron chi connectivity index (χ4n) is 2.30. The van der Waals surface area contributed by atoms with Gasteiger partial charge < -0.3 is 9.52 Å². The van der Waals surface area contributed by atoms with Crippen molar-refractivity contribution >= 4 is 21.4 Å². The van der Waals surface area contributed by atoms with Crippen LogP contribution in [0.5, 0.6) is 0 Å². The van der Waals surface area contributed by atoms with Crippen molar-refractivity contribution in [3.8, 4) is 10.6 Å². The molecular formula is C17H14F3NO4S2. The van der Waals surface area contributed by atoms with E-state index in [9.17, 15) is 26.7 Å². The van der Waals surface area contributed by atoms with E-state index in [1.165, 1.54) is 17.4 Å². The molecule has 27 heavy (non-hydrogen) atoms. The first-order valence-corrected chi connectivity index (χ1v) is 10.0. The minimum atomic E-state index is -4.66. The van der Waals surface area contributed by atoms with Crippen LogP contribution in [0.25, 0.3) is 10.6 Å². The molecule has 0 saturated heterocycles. The highest BCUT2D eigenvalue weighted by atomic mass is 32.2. The molecule has 0 amide bonds. The van der Waals surface area contributed by atoms with Crippen molar-refractivity contribution in [3.63, 3.8) is 0 Å². The Morgan fingerprint density at radius 2 is 1.93 bits per heavy atom. The summed E-state index contributed by atoms with van der Waals surface area (Å²) in [7, 11) is -4.23. The van der Waals surface area contributed by atoms with Crippen LogP contribution in [0.4, 0.5) is 13.2 Å². The van der Waals surface area contributed by atoms with E-state index in [1.54, 1.807) is 6.07 Å². The molecule has 5 nitrogen and oxygen atoms in total. The first kappa shape index (κ1) is 19.6. The lowest BCUT2D eigenvalue weighted by Gasteiger charge is -2.12. The number of nitrogens with one attached hydrogen (secondary N) is 1. The van der Waals surface area contributed by atoms with Crippen LogP contribution in [-0.4, -0.2) is 20.1 Å². The molecule has 0 aliphatic heterocycles. The number of sulfonamides is 1. The zero-order valence-electron chi connectivity index (χ0n) is 13.6. The molecule has 144 valence electrons. The Bertz CT molecular complexity index is 1010. The molecule has 1 unspecified atom stereocenters. The number of rotatable bonds is 6. The maximum atomic E-state index is 12.7. The first-order valence-electron chi connectivity index (χ1n) is 7.65. The third-order valence-corrected chi connectivity index (χ3v) is 5.96. The van der Waals surface area contributed by atoms with Gasteiger partial charge in [0.25, 0.3) is 0 Å². The Labute approximate surface area is 157 Å². The molecule has 0 bridgehead atoms. The number of halogens is 3. The van der Waals surface area contributed by atoms with Crippen LogP contribution in [0.3, 0.4) is 0 Å². The van der Waals surface area contributed by atoms with Gasteiger partial charge in [0, 0.05) is 6.54 Å². The standard InChI is InChI=1S/C17H14F3NO4S2/c18-17(19,20)11-3-1-4-12(9-11)27(23,24)21-10-13(22)14-6-7-15(25-14)16-5-2-8-26-16/h1-9,13,21-22H,10H2. The predicted molar refractivity (Wildman–Crippen MR) is 93.6 cm³/mol. The second-order valence-corrected chi connectivity index (χ2v) is 8.29. The number of thiophene rings is 1. The molecule has 0 saturated carbocycles. The van der Waals surface area contributed by atoms with Crippen LogP contribution < -0.4 is 4.72 Å². The third-order valence-electron chi connectivity index (χ3n) is 3.66. The fraction of sp³-hybridized carbons (Fsp3) is 0.176. The lowest BCUT2D eigenvalue weighted by atomic mass is 10.2. The summed E-state index contributed by atoms with van der Waals surface area (Å²) in [5.74, 6) is 0.671. The van der Waals surface area contributed by atoms with Gasteiger partial charge in [-0.1, -0.05) is 12.1 Å². The monoisotopic (exact) mass is 417 g/mol. The highest BCUT2D eigenvalue weighted by molar-refractivity contribution is 7.89. The number of alkyl halides is 3. The van der Waals surface area contributed by atoms with Gasteiger partial charge >= 0.3 is 6.18 Å². The predicted octanol–water partition coefficient (Wildman–Crippen LogP) is 4.04. The van der Waals surface area contributed by atoms with Crippen LogP contribution >= 0.6 is 11.3 Å². The first-order chi connectivity index (χ1) is 12.7. The molecular weight excluding hydrogens is 403 g/mol. The van der Waals surface area contributed by atoms with E-state index in [0.717, 1.165) is 23.1 Å². The number of furan rings is 1. The average Bonchev–Trinajstić information content (AvgIpc) is 3.30. The van der Waals surface area contributed by atoms with Crippen molar-refractivity contribution < 1.29 is 31.1 Å². The van der Waals surface area contributed by atoms with Gasteiger partial charge in [-0.15, -0.1) is 11.3 Å². The van der Waals surface area contributed by atoms with E-state index in [-0.39, 0.29) is 5.76 Å². The highest BCUT2D eigenvalue weighted by Gasteiger charge is 2.31. The maximum Gasteiger partial charge on any atom is 0.416 e. The summed E-state index contributed by atoms with van der Waals surface area (Å²) in [5.41, 5.74) is -1.07. The second-order valence-electron chi connectivity index (χ2n) is 5.57. The highest BCUT2D eigenvalue weighted by Crippen LogP contribution is 2.31. The summed E-state index contributed by atoms with van der Waals surface area (Å²) in [6.07, 6.45) is -5.95. The molecule has 0 spiro atoms. The zero-order valence-corrected chi connectivity index (χ0v) is 15.2. The molecule has 0 aliphatic rings. The van der Waals surface area contributed by atoms with Crippen molar-refractivity contribution in [1.82, 2.24) is 4.72 Å². The Kier molecular flexibility index (Phi) is 5.43.